The molecule has 0 saturated heterocycles. The Kier molecular flexibility index (Phi) is 7.79. The molecular formula is C20H22Cl2O6. The van der Waals surface area contributed by atoms with Crippen molar-refractivity contribution in [2.45, 2.75) is 26.4 Å². The van der Waals surface area contributed by atoms with Crippen LogP contribution in [0.4, 0.5) is 0 Å². The first-order valence-corrected chi connectivity index (χ1v) is 9.61. The molecule has 2 aromatic carbocycles. The molecule has 1 heterocycles. The molecule has 0 spiro atoms. The second-order valence-corrected chi connectivity index (χ2v) is 7.23. The van der Waals surface area contributed by atoms with Crippen LogP contribution in [0.25, 0.3) is 0 Å². The number of rotatable bonds is 0. The number of hydrogen-bond acceptors (Lipinski definition) is 6. The largest absolute Gasteiger partial charge is 0.507 e. The third-order valence-electron chi connectivity index (χ3n) is 4.24. The number of phenols is 2. The summed E-state index contributed by atoms with van der Waals surface area (Å²) < 4.78 is 22.3. The lowest BCUT2D eigenvalue weighted by molar-refractivity contribution is 0.0285. The molecule has 2 N–H and O–H groups in total. The Morgan fingerprint density at radius 3 is 1.04 bits per heavy atom. The summed E-state index contributed by atoms with van der Waals surface area (Å²) in [5.74, 6) is 0.226. The summed E-state index contributed by atoms with van der Waals surface area (Å²) in [6, 6.07) is 6.64. The van der Waals surface area contributed by atoms with Crippen molar-refractivity contribution in [1.29, 1.82) is 0 Å². The summed E-state index contributed by atoms with van der Waals surface area (Å²) in [5, 5.41) is 21.8. The Hall–Kier alpha value is -1.54. The fourth-order valence-corrected chi connectivity index (χ4v) is 3.37. The van der Waals surface area contributed by atoms with Gasteiger partial charge in [-0.3, -0.25) is 0 Å². The van der Waals surface area contributed by atoms with E-state index >= 15 is 0 Å². The van der Waals surface area contributed by atoms with Crippen molar-refractivity contribution in [1.82, 2.24) is 0 Å². The number of benzene rings is 2. The van der Waals surface area contributed by atoms with Crippen LogP contribution in [0, 0.1) is 0 Å². The van der Waals surface area contributed by atoms with Gasteiger partial charge in [0.15, 0.2) is 0 Å². The molecule has 2 aromatic rings. The van der Waals surface area contributed by atoms with E-state index in [1.165, 1.54) is 0 Å². The minimum absolute atomic E-state index is 0.113. The summed E-state index contributed by atoms with van der Waals surface area (Å²) in [6.45, 7) is 2.03. The zero-order valence-electron chi connectivity index (χ0n) is 15.2. The molecule has 6 nitrogen and oxygen atoms in total. The van der Waals surface area contributed by atoms with Gasteiger partial charge < -0.3 is 29.2 Å². The van der Waals surface area contributed by atoms with Crippen molar-refractivity contribution < 1.29 is 29.2 Å². The molecule has 0 amide bonds. The van der Waals surface area contributed by atoms with Crippen molar-refractivity contribution in [2.24, 2.45) is 0 Å². The van der Waals surface area contributed by atoms with E-state index < -0.39 is 0 Å². The van der Waals surface area contributed by atoms with Crippen molar-refractivity contribution in [3.8, 4) is 11.5 Å². The van der Waals surface area contributed by atoms with Gasteiger partial charge in [-0.2, -0.15) is 0 Å². The standard InChI is InChI=1S/C20H22Cl2O6/c21-17-5-13-9-25-1-2-26-10-14-6-18(22)8-16(20(14)24)12-28-4-3-27-11-15(7-17)19(13)23/h5-8,23-24H,1-4,9-12H2. The van der Waals surface area contributed by atoms with Gasteiger partial charge in [-0.05, 0) is 24.3 Å². The minimum atomic E-state index is 0.113. The van der Waals surface area contributed by atoms with Gasteiger partial charge in [0.1, 0.15) is 11.5 Å². The molecule has 152 valence electrons. The average molecular weight is 429 g/mol. The topological polar surface area (TPSA) is 77.4 Å². The van der Waals surface area contributed by atoms with E-state index in [-0.39, 0.29) is 37.9 Å². The van der Waals surface area contributed by atoms with Gasteiger partial charge in [-0.25, -0.2) is 0 Å². The van der Waals surface area contributed by atoms with Crippen molar-refractivity contribution in [3.05, 3.63) is 56.6 Å². The van der Waals surface area contributed by atoms with Gasteiger partial charge in [0.2, 0.25) is 0 Å². The van der Waals surface area contributed by atoms with E-state index in [0.717, 1.165) is 0 Å². The third-order valence-corrected chi connectivity index (χ3v) is 4.68. The summed E-state index contributed by atoms with van der Waals surface area (Å²) >= 11 is 12.3. The summed E-state index contributed by atoms with van der Waals surface area (Å²) in [7, 11) is 0. The van der Waals surface area contributed by atoms with E-state index in [1.54, 1.807) is 24.3 Å². The number of hydrogen-bond donors (Lipinski definition) is 2. The molecule has 0 saturated carbocycles. The fourth-order valence-electron chi connectivity index (χ4n) is 2.84. The molecular weight excluding hydrogens is 407 g/mol. The Morgan fingerprint density at radius 2 is 0.786 bits per heavy atom. The van der Waals surface area contributed by atoms with Crippen LogP contribution in [0.15, 0.2) is 24.3 Å². The lowest BCUT2D eigenvalue weighted by atomic mass is 10.1. The maximum Gasteiger partial charge on any atom is 0.126 e. The van der Waals surface area contributed by atoms with E-state index in [4.69, 9.17) is 42.1 Å². The second-order valence-electron chi connectivity index (χ2n) is 6.36. The Bertz CT molecular complexity index is 686. The highest BCUT2D eigenvalue weighted by Gasteiger charge is 2.12. The minimum Gasteiger partial charge on any atom is -0.507 e. The van der Waals surface area contributed by atoms with Crippen LogP contribution in [0.5, 0.6) is 11.5 Å². The van der Waals surface area contributed by atoms with E-state index in [0.29, 0.717) is 58.7 Å². The highest BCUT2D eigenvalue weighted by molar-refractivity contribution is 6.31. The van der Waals surface area contributed by atoms with Crippen LogP contribution in [0.2, 0.25) is 10.0 Å². The highest BCUT2D eigenvalue weighted by Crippen LogP contribution is 2.30. The maximum absolute atomic E-state index is 10.4. The van der Waals surface area contributed by atoms with E-state index in [2.05, 4.69) is 0 Å². The SMILES string of the molecule is Oc1c2cc(Cl)cc1COCCOCc1cc(Cl)cc(c1O)COCCOC2. The molecule has 0 radical (unpaired) electrons. The summed E-state index contributed by atoms with van der Waals surface area (Å²) in [6.07, 6.45) is 0. The fraction of sp³-hybridized carbons (Fsp3) is 0.400. The van der Waals surface area contributed by atoms with Gasteiger partial charge >= 0.3 is 0 Å². The molecule has 3 rings (SSSR count). The molecule has 0 aliphatic carbocycles. The van der Waals surface area contributed by atoms with Crippen LogP contribution < -0.4 is 0 Å². The van der Waals surface area contributed by atoms with Gasteiger partial charge in [-0.15, -0.1) is 0 Å². The summed E-state index contributed by atoms with van der Waals surface area (Å²) in [4.78, 5) is 0. The zero-order chi connectivity index (χ0) is 19.9. The average Bonchev–Trinajstić information content (AvgIpc) is 2.66. The first-order valence-electron chi connectivity index (χ1n) is 8.86. The van der Waals surface area contributed by atoms with Crippen LogP contribution in [-0.2, 0) is 45.4 Å². The number of fused-ring (bicyclic) bond motifs is 4. The number of ether oxygens (including phenoxy) is 4. The van der Waals surface area contributed by atoms with Crippen LogP contribution >= 0.6 is 23.2 Å². The smallest absolute Gasteiger partial charge is 0.126 e. The van der Waals surface area contributed by atoms with Crippen molar-refractivity contribution >= 4 is 23.2 Å². The summed E-state index contributed by atoms with van der Waals surface area (Å²) in [5.41, 5.74) is 2.34. The zero-order valence-corrected chi connectivity index (χ0v) is 16.8. The van der Waals surface area contributed by atoms with Gasteiger partial charge in [0.05, 0.1) is 52.9 Å². The molecule has 1 aliphatic heterocycles. The van der Waals surface area contributed by atoms with E-state index in [1.807, 2.05) is 0 Å². The molecule has 0 fully saturated rings. The third kappa shape index (κ3) is 5.73. The quantitative estimate of drug-likeness (QED) is 0.654. The van der Waals surface area contributed by atoms with Crippen molar-refractivity contribution in [3.63, 3.8) is 0 Å². The lowest BCUT2D eigenvalue weighted by Crippen LogP contribution is -2.08. The molecule has 28 heavy (non-hydrogen) atoms. The van der Waals surface area contributed by atoms with Gasteiger partial charge in [-0.1, -0.05) is 23.2 Å². The van der Waals surface area contributed by atoms with E-state index in [9.17, 15) is 10.2 Å². The lowest BCUT2D eigenvalue weighted by Gasteiger charge is -2.14. The predicted octanol–water partition coefficient (Wildman–Crippen LogP) is 4.18. The molecule has 1 aliphatic rings. The number of phenolic OH excluding ortho intramolecular Hbond substituents is 2. The number of aromatic hydroxyl groups is 2. The monoisotopic (exact) mass is 428 g/mol. The highest BCUT2D eigenvalue weighted by atomic mass is 35.5. The Morgan fingerprint density at radius 1 is 0.536 bits per heavy atom. The second kappa shape index (κ2) is 10.3. The molecule has 0 atom stereocenters. The predicted molar refractivity (Wildman–Crippen MR) is 105 cm³/mol. The van der Waals surface area contributed by atoms with Gasteiger partial charge in [0.25, 0.3) is 0 Å². The van der Waals surface area contributed by atoms with Crippen molar-refractivity contribution in [2.75, 3.05) is 26.4 Å². The van der Waals surface area contributed by atoms with Gasteiger partial charge in [0, 0.05) is 32.3 Å². The molecule has 0 aromatic heterocycles. The first-order chi connectivity index (χ1) is 13.5. The first kappa shape index (κ1) is 21.2. The molecule has 0 unspecified atom stereocenters. The Labute approximate surface area is 173 Å². The maximum atomic E-state index is 10.4. The van der Waals surface area contributed by atoms with Crippen LogP contribution in [0.1, 0.15) is 22.3 Å². The number of halogens is 2. The van der Waals surface area contributed by atoms with Crippen LogP contribution in [-0.4, -0.2) is 36.6 Å². The molecule has 8 heteroatoms. The Balaban J connectivity index is 1.71. The van der Waals surface area contributed by atoms with Crippen LogP contribution in [0.3, 0.4) is 0 Å². The molecule has 4 bridgehead atoms. The normalized spacial score (nSPS) is 16.9.